The highest BCUT2D eigenvalue weighted by Gasteiger charge is 2.23. The topological polar surface area (TPSA) is 21.3 Å². The zero-order valence-corrected chi connectivity index (χ0v) is 11.7. The van der Waals surface area contributed by atoms with Gasteiger partial charge in [-0.15, -0.1) is 0 Å². The number of hydrogen-bond acceptors (Lipinski definition) is 2. The lowest BCUT2D eigenvalue weighted by atomic mass is 10.0. The molecule has 0 spiro atoms. The maximum Gasteiger partial charge on any atom is 0.122 e. The van der Waals surface area contributed by atoms with Gasteiger partial charge in [-0.3, -0.25) is 0 Å². The van der Waals surface area contributed by atoms with Crippen molar-refractivity contribution in [2.75, 3.05) is 18.5 Å². The Bertz CT molecular complexity index is 600. The van der Waals surface area contributed by atoms with Crippen molar-refractivity contribution in [3.8, 4) is 5.75 Å². The molecule has 2 aromatic rings. The molecule has 1 heterocycles. The Balaban J connectivity index is 1.72. The van der Waals surface area contributed by atoms with E-state index >= 15 is 0 Å². The Kier molecular flexibility index (Phi) is 3.54. The van der Waals surface area contributed by atoms with Crippen molar-refractivity contribution in [1.29, 1.82) is 0 Å². The van der Waals surface area contributed by atoms with Crippen molar-refractivity contribution in [3.05, 3.63) is 58.1 Å². The molecule has 19 heavy (non-hydrogen) atoms. The van der Waals surface area contributed by atoms with E-state index in [-0.39, 0.29) is 0 Å². The van der Waals surface area contributed by atoms with Gasteiger partial charge in [0, 0.05) is 23.0 Å². The van der Waals surface area contributed by atoms with Gasteiger partial charge in [0.05, 0.1) is 17.3 Å². The molecule has 0 aliphatic carbocycles. The van der Waals surface area contributed by atoms with E-state index in [2.05, 4.69) is 11.4 Å². The largest absolute Gasteiger partial charge is 0.493 e. The molecular formula is C15H13Cl2NO. The van der Waals surface area contributed by atoms with E-state index in [4.69, 9.17) is 27.9 Å². The lowest BCUT2D eigenvalue weighted by Crippen LogP contribution is -2.14. The van der Waals surface area contributed by atoms with Gasteiger partial charge < -0.3 is 10.1 Å². The molecule has 1 atom stereocenters. The van der Waals surface area contributed by atoms with E-state index < -0.39 is 0 Å². The second-order valence-corrected chi connectivity index (χ2v) is 5.39. The summed E-state index contributed by atoms with van der Waals surface area (Å²) in [5, 5.41) is 4.69. The first-order chi connectivity index (χ1) is 9.24. The number of hydrogen-bond donors (Lipinski definition) is 1. The summed E-state index contributed by atoms with van der Waals surface area (Å²) in [5.41, 5.74) is 2.10. The minimum Gasteiger partial charge on any atom is -0.493 e. The van der Waals surface area contributed by atoms with Crippen LogP contribution in [0.5, 0.6) is 5.75 Å². The highest BCUT2D eigenvalue weighted by Crippen LogP contribution is 2.34. The Morgan fingerprint density at radius 1 is 1.16 bits per heavy atom. The molecule has 2 nitrogen and oxygen atoms in total. The summed E-state index contributed by atoms with van der Waals surface area (Å²) < 4.78 is 5.65. The van der Waals surface area contributed by atoms with Crippen LogP contribution in [0.2, 0.25) is 10.0 Å². The fraction of sp³-hybridized carbons (Fsp3) is 0.200. The maximum absolute atomic E-state index is 6.13. The van der Waals surface area contributed by atoms with Crippen molar-refractivity contribution < 1.29 is 4.74 Å². The number of rotatable bonds is 3. The molecule has 0 radical (unpaired) electrons. The smallest absolute Gasteiger partial charge is 0.122 e. The van der Waals surface area contributed by atoms with Gasteiger partial charge in [0.2, 0.25) is 0 Å². The van der Waals surface area contributed by atoms with Crippen molar-refractivity contribution in [1.82, 2.24) is 0 Å². The lowest BCUT2D eigenvalue weighted by molar-refractivity contribution is 0.334. The number of nitrogens with one attached hydrogen (secondary N) is 1. The third kappa shape index (κ3) is 2.65. The van der Waals surface area contributed by atoms with E-state index in [0.717, 1.165) is 18.0 Å². The molecule has 0 fully saturated rings. The molecule has 98 valence electrons. The molecule has 0 amide bonds. The average molecular weight is 294 g/mol. The molecule has 1 N–H and O–H groups in total. The van der Waals surface area contributed by atoms with Crippen molar-refractivity contribution in [2.24, 2.45) is 0 Å². The van der Waals surface area contributed by atoms with Crippen LogP contribution in [0, 0.1) is 0 Å². The van der Waals surface area contributed by atoms with Crippen molar-refractivity contribution >= 4 is 28.9 Å². The first-order valence-corrected chi connectivity index (χ1v) is 6.90. The van der Waals surface area contributed by atoms with Gasteiger partial charge in [-0.1, -0.05) is 41.4 Å². The Morgan fingerprint density at radius 2 is 2.00 bits per heavy atom. The van der Waals surface area contributed by atoms with Crippen LogP contribution in [0.15, 0.2) is 42.5 Å². The third-order valence-electron chi connectivity index (χ3n) is 3.27. The summed E-state index contributed by atoms with van der Waals surface area (Å²) in [6, 6.07) is 13.5. The SMILES string of the molecule is Clc1ccc(Cl)c(NCC2COc3ccccc32)c1. The number of benzene rings is 2. The van der Waals surface area contributed by atoms with Crippen LogP contribution < -0.4 is 10.1 Å². The quantitative estimate of drug-likeness (QED) is 0.894. The van der Waals surface area contributed by atoms with Crippen molar-refractivity contribution in [3.63, 3.8) is 0 Å². The highest BCUT2D eigenvalue weighted by molar-refractivity contribution is 6.35. The predicted molar refractivity (Wildman–Crippen MR) is 79.6 cm³/mol. The number of fused-ring (bicyclic) bond motifs is 1. The molecule has 0 saturated carbocycles. The first kappa shape index (κ1) is 12.6. The second kappa shape index (κ2) is 5.32. The molecule has 1 aliphatic heterocycles. The van der Waals surface area contributed by atoms with Crippen molar-refractivity contribution in [2.45, 2.75) is 5.92 Å². The van der Waals surface area contributed by atoms with Gasteiger partial charge in [-0.2, -0.15) is 0 Å². The van der Waals surface area contributed by atoms with Crippen LogP contribution in [0.3, 0.4) is 0 Å². The molecular weight excluding hydrogens is 281 g/mol. The predicted octanol–water partition coefficient (Wildman–Crippen LogP) is 4.58. The summed E-state index contributed by atoms with van der Waals surface area (Å²) in [6.45, 7) is 1.47. The molecule has 1 unspecified atom stereocenters. The Morgan fingerprint density at radius 3 is 2.89 bits per heavy atom. The molecule has 0 aromatic heterocycles. The molecule has 0 saturated heterocycles. The van der Waals surface area contributed by atoms with Gasteiger partial charge in [-0.05, 0) is 24.3 Å². The molecule has 4 heteroatoms. The van der Waals surface area contributed by atoms with Crippen LogP contribution in [0.1, 0.15) is 11.5 Å². The second-order valence-electron chi connectivity index (χ2n) is 4.55. The van der Waals surface area contributed by atoms with E-state index in [1.165, 1.54) is 5.56 Å². The van der Waals surface area contributed by atoms with Crippen LogP contribution in [0.25, 0.3) is 0 Å². The third-order valence-corrected chi connectivity index (χ3v) is 3.83. The fourth-order valence-corrected chi connectivity index (χ4v) is 2.62. The van der Waals surface area contributed by atoms with Crippen LogP contribution in [-0.4, -0.2) is 13.2 Å². The lowest BCUT2D eigenvalue weighted by Gasteiger charge is -2.13. The summed E-state index contributed by atoms with van der Waals surface area (Å²) in [7, 11) is 0. The Labute approximate surface area is 122 Å². The minimum absolute atomic E-state index is 0.339. The van der Waals surface area contributed by atoms with Crippen LogP contribution >= 0.6 is 23.2 Å². The van der Waals surface area contributed by atoms with Gasteiger partial charge in [0.15, 0.2) is 0 Å². The summed E-state index contributed by atoms with van der Waals surface area (Å²) in [4.78, 5) is 0. The normalized spacial score (nSPS) is 16.8. The van der Waals surface area contributed by atoms with E-state index in [0.29, 0.717) is 22.6 Å². The number of ether oxygens (including phenoxy) is 1. The summed E-state index contributed by atoms with van der Waals surface area (Å²) in [6.07, 6.45) is 0. The number of para-hydroxylation sites is 1. The standard InChI is InChI=1S/C15H13Cl2NO/c16-11-5-6-13(17)14(7-11)18-8-10-9-19-15-4-2-1-3-12(10)15/h1-7,10,18H,8-9H2. The van der Waals surface area contributed by atoms with Gasteiger partial charge >= 0.3 is 0 Å². The highest BCUT2D eigenvalue weighted by atomic mass is 35.5. The molecule has 0 bridgehead atoms. The van der Waals surface area contributed by atoms with Crippen LogP contribution in [-0.2, 0) is 0 Å². The first-order valence-electron chi connectivity index (χ1n) is 6.14. The fourth-order valence-electron chi connectivity index (χ4n) is 2.26. The van der Waals surface area contributed by atoms with E-state index in [1.54, 1.807) is 12.1 Å². The number of halogens is 2. The molecule has 2 aromatic carbocycles. The van der Waals surface area contributed by atoms with Crippen LogP contribution in [0.4, 0.5) is 5.69 Å². The molecule has 3 rings (SSSR count). The summed E-state index contributed by atoms with van der Waals surface area (Å²) >= 11 is 12.1. The van der Waals surface area contributed by atoms with E-state index in [9.17, 15) is 0 Å². The zero-order valence-electron chi connectivity index (χ0n) is 10.2. The maximum atomic E-state index is 6.13. The van der Waals surface area contributed by atoms with Gasteiger partial charge in [-0.25, -0.2) is 0 Å². The Hall–Kier alpha value is -1.38. The average Bonchev–Trinajstić information content (AvgIpc) is 2.83. The van der Waals surface area contributed by atoms with Gasteiger partial charge in [0.25, 0.3) is 0 Å². The minimum atomic E-state index is 0.339. The molecule has 1 aliphatic rings. The monoisotopic (exact) mass is 293 g/mol. The van der Waals surface area contributed by atoms with Gasteiger partial charge in [0.1, 0.15) is 5.75 Å². The van der Waals surface area contributed by atoms with E-state index in [1.807, 2.05) is 24.3 Å². The summed E-state index contributed by atoms with van der Waals surface area (Å²) in [5.74, 6) is 1.32. The zero-order chi connectivity index (χ0) is 13.2. The number of anilines is 1.